The van der Waals surface area contributed by atoms with Gasteiger partial charge in [-0.25, -0.2) is 0 Å². The molecule has 0 aromatic heterocycles. The minimum absolute atomic E-state index is 0.0165. The minimum Gasteiger partial charge on any atom is -0.378 e. The van der Waals surface area contributed by atoms with E-state index < -0.39 is 0 Å². The number of hydrogen-bond acceptors (Lipinski definition) is 4. The standard InChI is InChI=1S/C25H28N2O3S/c28-23(15-31-16-24(29)27-9-11-30-12-10-27)26-14-17-13-22-18-5-1-3-7-20(18)25(17)21-8-4-2-6-19(21)22/h1-8,17,22,25H,9-16H2,(H,26,28). The number of rotatable bonds is 6. The van der Waals surface area contributed by atoms with Crippen molar-refractivity contribution in [2.45, 2.75) is 18.3 Å². The maximum absolute atomic E-state index is 12.5. The first-order chi connectivity index (χ1) is 15.2. The number of nitrogens with one attached hydrogen (secondary N) is 1. The molecule has 2 amide bonds. The summed E-state index contributed by atoms with van der Waals surface area (Å²) in [5, 5.41) is 3.15. The Hall–Kier alpha value is -2.31. The number of carbonyl (C=O) groups is 2. The fraction of sp³-hybridized carbons (Fsp3) is 0.440. The second kappa shape index (κ2) is 9.05. The molecule has 2 aromatic carbocycles. The summed E-state index contributed by atoms with van der Waals surface area (Å²) in [5.41, 5.74) is 5.74. The van der Waals surface area contributed by atoms with Gasteiger partial charge in [0.15, 0.2) is 0 Å². The number of hydrogen-bond donors (Lipinski definition) is 1. The van der Waals surface area contributed by atoms with E-state index in [4.69, 9.17) is 4.74 Å². The first-order valence-electron chi connectivity index (χ1n) is 11.1. The lowest BCUT2D eigenvalue weighted by atomic mass is 9.59. The number of fused-ring (bicyclic) bond motifs is 1. The zero-order chi connectivity index (χ0) is 21.2. The van der Waals surface area contributed by atoms with E-state index in [0.717, 1.165) is 6.42 Å². The average molecular weight is 437 g/mol. The Morgan fingerprint density at radius 1 is 0.935 bits per heavy atom. The van der Waals surface area contributed by atoms with E-state index >= 15 is 0 Å². The number of thioether (sulfide) groups is 1. The topological polar surface area (TPSA) is 58.6 Å². The van der Waals surface area contributed by atoms with Crippen molar-refractivity contribution >= 4 is 23.6 Å². The number of benzene rings is 2. The zero-order valence-corrected chi connectivity index (χ0v) is 18.4. The smallest absolute Gasteiger partial charge is 0.232 e. The summed E-state index contributed by atoms with van der Waals surface area (Å²) in [6.07, 6.45) is 1.07. The number of carbonyl (C=O) groups excluding carboxylic acids is 2. The van der Waals surface area contributed by atoms with Gasteiger partial charge in [-0.15, -0.1) is 11.8 Å². The van der Waals surface area contributed by atoms with Crippen LogP contribution < -0.4 is 5.32 Å². The summed E-state index contributed by atoms with van der Waals surface area (Å²) >= 11 is 1.40. The van der Waals surface area contributed by atoms with Gasteiger partial charge in [-0.1, -0.05) is 48.5 Å². The number of ether oxygens (including phenoxy) is 1. The minimum atomic E-state index is 0.0165. The molecule has 4 aliphatic rings. The second-order valence-corrected chi connectivity index (χ2v) is 9.56. The third kappa shape index (κ3) is 4.11. The van der Waals surface area contributed by atoms with Crippen LogP contribution in [-0.4, -0.2) is 61.1 Å². The molecule has 31 heavy (non-hydrogen) atoms. The van der Waals surface area contributed by atoms with Crippen molar-refractivity contribution < 1.29 is 14.3 Å². The zero-order valence-electron chi connectivity index (χ0n) is 17.6. The third-order valence-corrected chi connectivity index (χ3v) is 7.72. The van der Waals surface area contributed by atoms with Crippen LogP contribution >= 0.6 is 11.8 Å². The Balaban J connectivity index is 1.17. The number of nitrogens with zero attached hydrogens (tertiary/aromatic N) is 1. The molecular formula is C25H28N2O3S. The summed E-state index contributed by atoms with van der Waals surface area (Å²) < 4.78 is 5.28. The van der Waals surface area contributed by atoms with Gasteiger partial charge < -0.3 is 15.0 Å². The summed E-state index contributed by atoms with van der Waals surface area (Å²) in [5.74, 6) is 1.94. The molecular weight excluding hydrogens is 408 g/mol. The van der Waals surface area contributed by atoms with E-state index in [1.54, 1.807) is 0 Å². The Morgan fingerprint density at radius 3 is 2.19 bits per heavy atom. The predicted octanol–water partition coefficient (Wildman–Crippen LogP) is 2.99. The van der Waals surface area contributed by atoms with Crippen molar-refractivity contribution in [3.8, 4) is 0 Å². The molecule has 6 rings (SSSR count). The molecule has 6 heteroatoms. The van der Waals surface area contributed by atoms with E-state index in [9.17, 15) is 9.59 Å². The molecule has 0 radical (unpaired) electrons. The van der Waals surface area contributed by atoms with Crippen LogP contribution in [0.1, 0.15) is 40.5 Å². The molecule has 1 aliphatic heterocycles. The summed E-state index contributed by atoms with van der Waals surface area (Å²) in [7, 11) is 0. The van der Waals surface area contributed by atoms with Crippen molar-refractivity contribution in [3.05, 3.63) is 70.8 Å². The van der Waals surface area contributed by atoms with Gasteiger partial charge in [-0.3, -0.25) is 9.59 Å². The normalized spacial score (nSPS) is 23.7. The highest BCUT2D eigenvalue weighted by Crippen LogP contribution is 2.55. The SMILES string of the molecule is O=C(CSCC(=O)N1CCOCC1)NCC1CC2c3ccccc3C1c1ccccc12. The van der Waals surface area contributed by atoms with Gasteiger partial charge in [0.25, 0.3) is 0 Å². The molecule has 1 atom stereocenters. The van der Waals surface area contributed by atoms with Gasteiger partial charge in [0, 0.05) is 31.5 Å². The summed E-state index contributed by atoms with van der Waals surface area (Å²) in [4.78, 5) is 26.5. The van der Waals surface area contributed by atoms with Gasteiger partial charge in [0.2, 0.25) is 11.8 Å². The molecule has 2 aromatic rings. The average Bonchev–Trinajstić information content (AvgIpc) is 2.83. The van der Waals surface area contributed by atoms with E-state index in [2.05, 4.69) is 53.8 Å². The van der Waals surface area contributed by atoms with Crippen molar-refractivity contribution in [1.82, 2.24) is 10.2 Å². The molecule has 1 saturated heterocycles. The lowest BCUT2D eigenvalue weighted by molar-refractivity contribution is -0.132. The van der Waals surface area contributed by atoms with E-state index in [-0.39, 0.29) is 11.8 Å². The lowest BCUT2D eigenvalue weighted by Gasteiger charge is -2.45. The second-order valence-electron chi connectivity index (χ2n) is 8.57. The molecule has 162 valence electrons. The largest absolute Gasteiger partial charge is 0.378 e. The molecule has 2 bridgehead atoms. The highest BCUT2D eigenvalue weighted by Gasteiger charge is 2.42. The molecule has 1 fully saturated rings. The van der Waals surface area contributed by atoms with Crippen LogP contribution in [0.3, 0.4) is 0 Å². The van der Waals surface area contributed by atoms with E-state index in [1.807, 2.05) is 4.90 Å². The highest BCUT2D eigenvalue weighted by molar-refractivity contribution is 8.00. The molecule has 1 unspecified atom stereocenters. The maximum atomic E-state index is 12.5. The Bertz CT molecular complexity index is 925. The predicted molar refractivity (Wildman–Crippen MR) is 122 cm³/mol. The van der Waals surface area contributed by atoms with Crippen molar-refractivity contribution in [1.29, 1.82) is 0 Å². The number of amides is 2. The van der Waals surface area contributed by atoms with E-state index in [0.29, 0.717) is 62.1 Å². The van der Waals surface area contributed by atoms with Crippen LogP contribution in [-0.2, 0) is 14.3 Å². The van der Waals surface area contributed by atoms with Gasteiger partial charge in [-0.2, -0.15) is 0 Å². The van der Waals surface area contributed by atoms with Crippen LogP contribution in [0.4, 0.5) is 0 Å². The molecule has 1 heterocycles. The van der Waals surface area contributed by atoms with E-state index in [1.165, 1.54) is 34.0 Å². The monoisotopic (exact) mass is 436 g/mol. The van der Waals surface area contributed by atoms with Crippen molar-refractivity contribution in [2.75, 3.05) is 44.4 Å². The summed E-state index contributed by atoms with van der Waals surface area (Å²) in [6.45, 7) is 3.19. The van der Waals surface area contributed by atoms with Crippen molar-refractivity contribution in [3.63, 3.8) is 0 Å². The van der Waals surface area contributed by atoms with Crippen LogP contribution in [0.5, 0.6) is 0 Å². The Labute approximate surface area is 187 Å². The fourth-order valence-electron chi connectivity index (χ4n) is 5.39. The first-order valence-corrected chi connectivity index (χ1v) is 12.3. The van der Waals surface area contributed by atoms with Gasteiger partial charge in [0.1, 0.15) is 0 Å². The highest BCUT2D eigenvalue weighted by atomic mass is 32.2. The molecule has 0 spiro atoms. The third-order valence-electron chi connectivity index (χ3n) is 6.81. The van der Waals surface area contributed by atoms with Crippen LogP contribution in [0.15, 0.2) is 48.5 Å². The van der Waals surface area contributed by atoms with Gasteiger partial charge >= 0.3 is 0 Å². The summed E-state index contributed by atoms with van der Waals surface area (Å²) in [6, 6.07) is 17.6. The fourth-order valence-corrected chi connectivity index (χ4v) is 6.14. The maximum Gasteiger partial charge on any atom is 0.232 e. The van der Waals surface area contributed by atoms with Crippen LogP contribution in [0.25, 0.3) is 0 Å². The quantitative estimate of drug-likeness (QED) is 0.756. The van der Waals surface area contributed by atoms with Crippen LogP contribution in [0, 0.1) is 5.92 Å². The molecule has 5 nitrogen and oxygen atoms in total. The number of morpholine rings is 1. The van der Waals surface area contributed by atoms with Gasteiger partial charge in [0.05, 0.1) is 24.7 Å². The van der Waals surface area contributed by atoms with Gasteiger partial charge in [-0.05, 0) is 34.6 Å². The molecule has 3 aliphatic carbocycles. The lowest BCUT2D eigenvalue weighted by Crippen LogP contribution is -2.42. The first kappa shape index (κ1) is 20.6. The van der Waals surface area contributed by atoms with Crippen LogP contribution in [0.2, 0.25) is 0 Å². The molecule has 1 N–H and O–H groups in total. The molecule has 0 saturated carbocycles. The van der Waals surface area contributed by atoms with Crippen molar-refractivity contribution in [2.24, 2.45) is 5.92 Å². The Morgan fingerprint density at radius 2 is 1.55 bits per heavy atom. The Kier molecular flexibility index (Phi) is 6.01.